The lowest BCUT2D eigenvalue weighted by molar-refractivity contribution is 0.0756. The van der Waals surface area contributed by atoms with Gasteiger partial charge in [-0.05, 0) is 19.3 Å². The van der Waals surface area contributed by atoms with E-state index in [1.807, 2.05) is 28.2 Å². The lowest BCUT2D eigenvalue weighted by atomic mass is 10.3. The second-order valence-corrected chi connectivity index (χ2v) is 7.68. The lowest BCUT2D eigenvalue weighted by Gasteiger charge is -2.21. The Morgan fingerprint density at radius 2 is 2.17 bits per heavy atom. The molecule has 1 saturated carbocycles. The normalized spacial score (nSPS) is 19.5. The third kappa shape index (κ3) is 3.52. The van der Waals surface area contributed by atoms with Gasteiger partial charge in [-0.2, -0.15) is 5.10 Å². The maximum atomic E-state index is 12.7. The van der Waals surface area contributed by atoms with Gasteiger partial charge in [0.2, 0.25) is 0 Å². The number of nitrogens with zero attached hydrogens (tertiary/aromatic N) is 5. The Morgan fingerprint density at radius 1 is 1.29 bits per heavy atom. The summed E-state index contributed by atoms with van der Waals surface area (Å²) in [5.74, 6) is 0.719. The first-order valence-electron chi connectivity index (χ1n) is 8.63. The maximum absolute atomic E-state index is 12.7. The van der Waals surface area contributed by atoms with Crippen molar-refractivity contribution in [3.8, 4) is 0 Å². The van der Waals surface area contributed by atoms with Crippen molar-refractivity contribution in [3.05, 3.63) is 34.0 Å². The van der Waals surface area contributed by atoms with Crippen LogP contribution in [0.25, 0.3) is 0 Å². The molecular weight excluding hydrogens is 322 g/mol. The summed E-state index contributed by atoms with van der Waals surface area (Å²) >= 11 is 1.64. The fourth-order valence-corrected chi connectivity index (χ4v) is 4.17. The SMILES string of the molecule is Cn1cc(CN2CCCN(C(=O)c3csc(C4CC4)n3)CC2)cn1. The Bertz CT molecular complexity index is 720. The number of carbonyl (C=O) groups excluding carboxylic acids is 1. The topological polar surface area (TPSA) is 54.3 Å². The Morgan fingerprint density at radius 3 is 2.92 bits per heavy atom. The van der Waals surface area contributed by atoms with Gasteiger partial charge >= 0.3 is 0 Å². The predicted molar refractivity (Wildman–Crippen MR) is 93.1 cm³/mol. The molecule has 2 fully saturated rings. The van der Waals surface area contributed by atoms with Crippen molar-refractivity contribution in [1.29, 1.82) is 0 Å². The van der Waals surface area contributed by atoms with Crippen molar-refractivity contribution < 1.29 is 4.79 Å². The van der Waals surface area contributed by atoms with Crippen LogP contribution >= 0.6 is 11.3 Å². The van der Waals surface area contributed by atoms with Crippen molar-refractivity contribution >= 4 is 17.2 Å². The van der Waals surface area contributed by atoms with Crippen LogP contribution in [0.3, 0.4) is 0 Å². The van der Waals surface area contributed by atoms with E-state index >= 15 is 0 Å². The molecule has 128 valence electrons. The van der Waals surface area contributed by atoms with E-state index in [1.54, 1.807) is 11.3 Å². The second kappa shape index (κ2) is 6.64. The molecule has 6 nitrogen and oxygen atoms in total. The molecule has 0 radical (unpaired) electrons. The fraction of sp³-hybridized carbons (Fsp3) is 0.588. The van der Waals surface area contributed by atoms with Crippen molar-refractivity contribution in [2.75, 3.05) is 26.2 Å². The molecule has 4 rings (SSSR count). The first-order chi connectivity index (χ1) is 11.7. The Kier molecular flexibility index (Phi) is 4.37. The second-order valence-electron chi connectivity index (χ2n) is 6.79. The van der Waals surface area contributed by atoms with Gasteiger partial charge in [0.05, 0.1) is 11.2 Å². The summed E-state index contributed by atoms with van der Waals surface area (Å²) in [7, 11) is 1.94. The minimum atomic E-state index is 0.0985. The van der Waals surface area contributed by atoms with E-state index in [2.05, 4.69) is 21.2 Å². The standard InChI is InChI=1S/C17H23N5OS/c1-20-10-13(9-18-20)11-21-5-2-6-22(8-7-21)17(23)15-12-24-16(19-15)14-3-4-14/h9-10,12,14H,2-8,11H2,1H3. The molecule has 0 unspecified atom stereocenters. The molecule has 0 N–H and O–H groups in total. The molecule has 3 heterocycles. The van der Waals surface area contributed by atoms with Crippen LogP contribution in [0.5, 0.6) is 0 Å². The van der Waals surface area contributed by atoms with E-state index in [9.17, 15) is 4.79 Å². The molecule has 2 aromatic rings. The van der Waals surface area contributed by atoms with E-state index < -0.39 is 0 Å². The van der Waals surface area contributed by atoms with Gasteiger partial charge in [-0.1, -0.05) is 0 Å². The molecule has 1 saturated heterocycles. The van der Waals surface area contributed by atoms with Gasteiger partial charge in [0.15, 0.2) is 0 Å². The highest BCUT2D eigenvalue weighted by molar-refractivity contribution is 7.10. The third-order valence-electron chi connectivity index (χ3n) is 4.71. The minimum absolute atomic E-state index is 0.0985. The number of hydrogen-bond acceptors (Lipinski definition) is 5. The molecule has 7 heteroatoms. The summed E-state index contributed by atoms with van der Waals surface area (Å²) in [6, 6.07) is 0. The van der Waals surface area contributed by atoms with Crippen molar-refractivity contribution in [3.63, 3.8) is 0 Å². The van der Waals surface area contributed by atoms with Gasteiger partial charge in [0.25, 0.3) is 5.91 Å². The molecule has 1 aliphatic carbocycles. The zero-order valence-corrected chi connectivity index (χ0v) is 14.8. The number of hydrogen-bond donors (Lipinski definition) is 0. The van der Waals surface area contributed by atoms with Crippen LogP contribution in [0.1, 0.15) is 46.2 Å². The largest absolute Gasteiger partial charge is 0.336 e. The predicted octanol–water partition coefficient (Wildman–Crippen LogP) is 2.10. The van der Waals surface area contributed by atoms with E-state index in [0.29, 0.717) is 11.6 Å². The summed E-state index contributed by atoms with van der Waals surface area (Å²) < 4.78 is 1.84. The third-order valence-corrected chi connectivity index (χ3v) is 5.72. The van der Waals surface area contributed by atoms with Gasteiger partial charge in [-0.3, -0.25) is 14.4 Å². The molecule has 1 aliphatic heterocycles. The molecule has 0 bridgehead atoms. The molecule has 2 aliphatic rings. The van der Waals surface area contributed by atoms with Crippen molar-refractivity contribution in [2.24, 2.45) is 7.05 Å². The van der Waals surface area contributed by atoms with Crippen LogP contribution in [0.2, 0.25) is 0 Å². The summed E-state index contributed by atoms with van der Waals surface area (Å²) in [6.07, 6.45) is 7.44. The zero-order chi connectivity index (χ0) is 16.5. The quantitative estimate of drug-likeness (QED) is 0.852. The first kappa shape index (κ1) is 15.8. The molecular formula is C17H23N5OS. The average Bonchev–Trinajstić information content (AvgIpc) is 3.24. The van der Waals surface area contributed by atoms with Crippen LogP contribution in [0, 0.1) is 0 Å². The van der Waals surface area contributed by atoms with Gasteiger partial charge in [-0.15, -0.1) is 11.3 Å². The van der Waals surface area contributed by atoms with Gasteiger partial charge in [0.1, 0.15) is 5.69 Å². The monoisotopic (exact) mass is 345 g/mol. The Hall–Kier alpha value is -1.73. The number of aromatic nitrogens is 3. The molecule has 0 atom stereocenters. The number of rotatable bonds is 4. The van der Waals surface area contributed by atoms with Crippen LogP contribution in [0.15, 0.2) is 17.8 Å². The number of thiazole rings is 1. The van der Waals surface area contributed by atoms with Gasteiger partial charge in [-0.25, -0.2) is 4.98 Å². The highest BCUT2D eigenvalue weighted by atomic mass is 32.1. The first-order valence-corrected chi connectivity index (χ1v) is 9.51. The van der Waals surface area contributed by atoms with E-state index in [-0.39, 0.29) is 5.91 Å². The number of amides is 1. The summed E-state index contributed by atoms with van der Waals surface area (Å²) in [5, 5.41) is 7.31. The minimum Gasteiger partial charge on any atom is -0.336 e. The van der Waals surface area contributed by atoms with E-state index in [1.165, 1.54) is 18.4 Å². The highest BCUT2D eigenvalue weighted by Gasteiger charge is 2.29. The molecule has 2 aromatic heterocycles. The van der Waals surface area contributed by atoms with Gasteiger partial charge in [0, 0.05) is 62.8 Å². The maximum Gasteiger partial charge on any atom is 0.273 e. The van der Waals surface area contributed by atoms with E-state index in [4.69, 9.17) is 0 Å². The highest BCUT2D eigenvalue weighted by Crippen LogP contribution is 2.41. The number of aryl methyl sites for hydroxylation is 1. The average molecular weight is 345 g/mol. The summed E-state index contributed by atoms with van der Waals surface area (Å²) in [5.41, 5.74) is 1.87. The summed E-state index contributed by atoms with van der Waals surface area (Å²) in [4.78, 5) is 21.7. The zero-order valence-electron chi connectivity index (χ0n) is 14.0. The molecule has 0 aromatic carbocycles. The number of carbonyl (C=O) groups is 1. The van der Waals surface area contributed by atoms with Gasteiger partial charge < -0.3 is 4.90 Å². The van der Waals surface area contributed by atoms with Crippen molar-refractivity contribution in [2.45, 2.75) is 31.7 Å². The van der Waals surface area contributed by atoms with Crippen LogP contribution in [-0.2, 0) is 13.6 Å². The fourth-order valence-electron chi connectivity index (χ4n) is 3.21. The smallest absolute Gasteiger partial charge is 0.273 e. The molecule has 1 amide bonds. The van der Waals surface area contributed by atoms with Crippen molar-refractivity contribution in [1.82, 2.24) is 24.6 Å². The van der Waals surface area contributed by atoms with Crippen LogP contribution in [-0.4, -0.2) is 56.7 Å². The Labute approximate surface area is 146 Å². The lowest BCUT2D eigenvalue weighted by Crippen LogP contribution is -2.35. The summed E-state index contributed by atoms with van der Waals surface area (Å²) in [6.45, 7) is 4.41. The Balaban J connectivity index is 1.35. The molecule has 0 spiro atoms. The van der Waals surface area contributed by atoms with E-state index in [0.717, 1.165) is 44.2 Å². The molecule has 24 heavy (non-hydrogen) atoms. The van der Waals surface area contributed by atoms with Crippen LogP contribution in [0.4, 0.5) is 0 Å². The van der Waals surface area contributed by atoms with Crippen LogP contribution < -0.4 is 0 Å².